The molecule has 0 aliphatic carbocycles. The molecule has 6 aromatic rings. The van der Waals surface area contributed by atoms with E-state index in [9.17, 15) is 10.1 Å². The molecule has 40 heavy (non-hydrogen) atoms. The van der Waals surface area contributed by atoms with Crippen LogP contribution < -0.4 is 10.3 Å². The van der Waals surface area contributed by atoms with Crippen LogP contribution in [0, 0.1) is 11.3 Å². The van der Waals surface area contributed by atoms with Gasteiger partial charge in [-0.05, 0) is 66.2 Å². The van der Waals surface area contributed by atoms with Crippen LogP contribution in [0.25, 0.3) is 33.5 Å². The molecule has 0 spiro atoms. The molecule has 0 bridgehead atoms. The van der Waals surface area contributed by atoms with Crippen LogP contribution in [0.2, 0.25) is 10.0 Å². The summed E-state index contributed by atoms with van der Waals surface area (Å²) in [6.45, 7) is 0.196. The summed E-state index contributed by atoms with van der Waals surface area (Å²) in [7, 11) is 0. The lowest BCUT2D eigenvalue weighted by Crippen LogP contribution is -2.20. The summed E-state index contributed by atoms with van der Waals surface area (Å²) in [5.74, 6) is 1.07. The van der Waals surface area contributed by atoms with E-state index in [1.54, 1.807) is 72.8 Å². The minimum Gasteiger partial charge on any atom is -0.487 e. The van der Waals surface area contributed by atoms with Crippen LogP contribution in [0.1, 0.15) is 16.7 Å². The highest BCUT2D eigenvalue weighted by Crippen LogP contribution is 2.30. The third-order valence-corrected chi connectivity index (χ3v) is 6.78. The maximum Gasteiger partial charge on any atom is 0.282 e. The van der Waals surface area contributed by atoms with E-state index in [0.29, 0.717) is 49.2 Å². The van der Waals surface area contributed by atoms with Crippen molar-refractivity contribution in [1.82, 2.24) is 9.66 Å². The summed E-state index contributed by atoms with van der Waals surface area (Å²) >= 11 is 12.6. The minimum absolute atomic E-state index is 0.196. The fourth-order valence-corrected chi connectivity index (χ4v) is 4.69. The van der Waals surface area contributed by atoms with Crippen molar-refractivity contribution in [3.8, 4) is 23.4 Å². The minimum atomic E-state index is -0.349. The van der Waals surface area contributed by atoms with E-state index in [1.807, 2.05) is 18.2 Å². The summed E-state index contributed by atoms with van der Waals surface area (Å²) in [6, 6.07) is 28.6. The van der Waals surface area contributed by atoms with Crippen LogP contribution in [-0.4, -0.2) is 15.9 Å². The second kappa shape index (κ2) is 10.7. The molecule has 0 N–H and O–H groups in total. The molecule has 2 aromatic heterocycles. The standard InChI is InChI=1S/C31H18Cl2N4O3/c32-23-10-12-27-22(14-23)15-29(40-27)30-36-26-8-4-3-7-24(26)31(38)37(30)35-17-19-9-11-28(25(33)13-19)39-18-21-6-2-1-5-20(21)16-34/h1-15,17H,18H2. The normalized spacial score (nSPS) is 11.3. The molecule has 0 unspecified atom stereocenters. The van der Waals surface area contributed by atoms with E-state index in [0.717, 1.165) is 10.9 Å². The predicted molar refractivity (Wildman–Crippen MR) is 156 cm³/mol. The SMILES string of the molecule is N#Cc1ccccc1COc1ccc(C=Nn2c(-c3cc4cc(Cl)ccc4o3)nc3ccccc3c2=O)cc1Cl. The molecule has 0 aliphatic heterocycles. The highest BCUT2D eigenvalue weighted by atomic mass is 35.5. The molecule has 0 fully saturated rings. The Morgan fingerprint density at radius 1 is 1.00 bits per heavy atom. The second-order valence-electron chi connectivity index (χ2n) is 8.85. The number of aromatic nitrogens is 2. The number of ether oxygens (including phenoxy) is 1. The summed E-state index contributed by atoms with van der Waals surface area (Å²) in [4.78, 5) is 18.2. The van der Waals surface area contributed by atoms with Crippen LogP contribution in [0.4, 0.5) is 0 Å². The van der Waals surface area contributed by atoms with Crippen LogP contribution in [0.3, 0.4) is 0 Å². The molecule has 6 rings (SSSR count). The molecule has 9 heteroatoms. The fourth-order valence-electron chi connectivity index (χ4n) is 4.26. The van der Waals surface area contributed by atoms with E-state index in [-0.39, 0.29) is 18.0 Å². The van der Waals surface area contributed by atoms with Gasteiger partial charge in [-0.15, -0.1) is 0 Å². The number of benzene rings is 4. The van der Waals surface area contributed by atoms with Crippen molar-refractivity contribution in [1.29, 1.82) is 5.26 Å². The zero-order valence-electron chi connectivity index (χ0n) is 20.7. The molecule has 0 amide bonds. The highest BCUT2D eigenvalue weighted by molar-refractivity contribution is 6.32. The third kappa shape index (κ3) is 4.94. The Labute approximate surface area is 238 Å². The predicted octanol–water partition coefficient (Wildman–Crippen LogP) is 7.45. The summed E-state index contributed by atoms with van der Waals surface area (Å²) in [5.41, 5.74) is 2.72. The zero-order valence-corrected chi connectivity index (χ0v) is 22.2. The van der Waals surface area contributed by atoms with Gasteiger partial charge in [-0.3, -0.25) is 4.79 Å². The molecular weight excluding hydrogens is 547 g/mol. The quantitative estimate of drug-likeness (QED) is 0.196. The third-order valence-electron chi connectivity index (χ3n) is 6.25. The first-order valence-corrected chi connectivity index (χ1v) is 12.9. The molecule has 0 aliphatic rings. The van der Waals surface area contributed by atoms with Crippen LogP contribution in [0.5, 0.6) is 5.75 Å². The molecule has 0 saturated heterocycles. The zero-order chi connectivity index (χ0) is 27.6. The largest absolute Gasteiger partial charge is 0.487 e. The second-order valence-corrected chi connectivity index (χ2v) is 9.70. The number of rotatable bonds is 6. The monoisotopic (exact) mass is 564 g/mol. The van der Waals surface area contributed by atoms with Gasteiger partial charge in [0.25, 0.3) is 5.56 Å². The van der Waals surface area contributed by atoms with Crippen molar-refractivity contribution in [3.63, 3.8) is 0 Å². The average molecular weight is 565 g/mol. The first kappa shape index (κ1) is 25.4. The molecule has 2 heterocycles. The van der Waals surface area contributed by atoms with E-state index in [1.165, 1.54) is 10.9 Å². The molecule has 4 aromatic carbocycles. The van der Waals surface area contributed by atoms with Gasteiger partial charge in [-0.25, -0.2) is 4.98 Å². The first-order chi connectivity index (χ1) is 19.5. The molecule has 7 nitrogen and oxygen atoms in total. The smallest absolute Gasteiger partial charge is 0.282 e. The summed E-state index contributed by atoms with van der Waals surface area (Å²) < 4.78 is 13.1. The number of nitriles is 1. The van der Waals surface area contributed by atoms with Crippen molar-refractivity contribution in [2.24, 2.45) is 5.10 Å². The lowest BCUT2D eigenvalue weighted by atomic mass is 10.1. The van der Waals surface area contributed by atoms with E-state index >= 15 is 0 Å². The number of para-hydroxylation sites is 1. The Morgan fingerprint density at radius 2 is 1.82 bits per heavy atom. The van der Waals surface area contributed by atoms with Gasteiger partial charge in [0.1, 0.15) is 17.9 Å². The van der Waals surface area contributed by atoms with Crippen molar-refractivity contribution in [2.75, 3.05) is 0 Å². The number of hydrogen-bond acceptors (Lipinski definition) is 6. The molecule has 0 atom stereocenters. The van der Waals surface area contributed by atoms with Crippen molar-refractivity contribution >= 4 is 51.3 Å². The Kier molecular flexibility index (Phi) is 6.79. The average Bonchev–Trinajstić information content (AvgIpc) is 3.39. The van der Waals surface area contributed by atoms with Crippen molar-refractivity contribution < 1.29 is 9.15 Å². The molecule has 0 radical (unpaired) electrons. The number of nitrogens with zero attached hydrogens (tertiary/aromatic N) is 4. The lowest BCUT2D eigenvalue weighted by Gasteiger charge is -2.10. The van der Waals surface area contributed by atoms with Gasteiger partial charge in [0.2, 0.25) is 5.82 Å². The number of fused-ring (bicyclic) bond motifs is 2. The molecular formula is C31H18Cl2N4O3. The number of halogens is 2. The van der Waals surface area contributed by atoms with Crippen LogP contribution >= 0.6 is 23.2 Å². The van der Waals surface area contributed by atoms with Gasteiger partial charge < -0.3 is 9.15 Å². The van der Waals surface area contributed by atoms with Gasteiger partial charge in [0, 0.05) is 16.0 Å². The maximum atomic E-state index is 13.5. The Bertz CT molecular complexity index is 2040. The fraction of sp³-hybridized carbons (Fsp3) is 0.0323. The van der Waals surface area contributed by atoms with Gasteiger partial charge in [-0.2, -0.15) is 15.0 Å². The van der Waals surface area contributed by atoms with Crippen LogP contribution in [-0.2, 0) is 6.61 Å². The Balaban J connectivity index is 1.35. The van der Waals surface area contributed by atoms with E-state index < -0.39 is 0 Å². The first-order valence-electron chi connectivity index (χ1n) is 12.2. The highest BCUT2D eigenvalue weighted by Gasteiger charge is 2.17. The van der Waals surface area contributed by atoms with Gasteiger partial charge in [0.15, 0.2) is 5.76 Å². The summed E-state index contributed by atoms with van der Waals surface area (Å²) in [6.07, 6.45) is 1.52. The van der Waals surface area contributed by atoms with Gasteiger partial charge in [0.05, 0.1) is 33.8 Å². The van der Waals surface area contributed by atoms with E-state index in [2.05, 4.69) is 16.2 Å². The Hall–Kier alpha value is -4.90. The van der Waals surface area contributed by atoms with Crippen LogP contribution in [0.15, 0.2) is 105 Å². The Morgan fingerprint density at radius 3 is 2.67 bits per heavy atom. The maximum absolute atomic E-state index is 13.5. The molecule has 0 saturated carbocycles. The number of hydrogen-bond donors (Lipinski definition) is 0. The summed E-state index contributed by atoms with van der Waals surface area (Å²) in [5, 5.41) is 15.9. The van der Waals surface area contributed by atoms with E-state index in [4.69, 9.17) is 32.4 Å². The number of furan rings is 1. The van der Waals surface area contributed by atoms with Gasteiger partial charge in [-0.1, -0.05) is 53.5 Å². The molecule has 194 valence electrons. The van der Waals surface area contributed by atoms with Gasteiger partial charge >= 0.3 is 0 Å². The topological polar surface area (TPSA) is 93.4 Å². The lowest BCUT2D eigenvalue weighted by molar-refractivity contribution is 0.306. The van der Waals surface area contributed by atoms with Crippen molar-refractivity contribution in [3.05, 3.63) is 128 Å². The van der Waals surface area contributed by atoms with Crippen molar-refractivity contribution in [2.45, 2.75) is 6.61 Å².